The predicted molar refractivity (Wildman–Crippen MR) is 76.8 cm³/mol. The zero-order valence-electron chi connectivity index (χ0n) is 11.5. The Morgan fingerprint density at radius 2 is 2.00 bits per heavy atom. The van der Waals surface area contributed by atoms with Gasteiger partial charge in [-0.1, -0.05) is 11.8 Å². The van der Waals surface area contributed by atoms with Crippen molar-refractivity contribution in [3.63, 3.8) is 0 Å². The van der Waals surface area contributed by atoms with E-state index in [0.29, 0.717) is 10.9 Å². The first kappa shape index (κ1) is 16.2. The largest absolute Gasteiger partial charge is 0.468 e. The number of esters is 1. The van der Waals surface area contributed by atoms with Gasteiger partial charge < -0.3 is 9.47 Å². The summed E-state index contributed by atoms with van der Waals surface area (Å²) >= 11 is 1.15. The van der Waals surface area contributed by atoms with Crippen molar-refractivity contribution in [1.29, 1.82) is 0 Å². The third-order valence-corrected chi connectivity index (χ3v) is 3.39. The molecular formula is C14H12F2N2O3S. The van der Waals surface area contributed by atoms with E-state index in [0.717, 1.165) is 17.3 Å². The van der Waals surface area contributed by atoms with Crippen molar-refractivity contribution in [2.75, 3.05) is 12.9 Å². The second-order valence-electron chi connectivity index (χ2n) is 3.99. The molecule has 0 bridgehead atoms. The zero-order chi connectivity index (χ0) is 15.9. The van der Waals surface area contributed by atoms with Gasteiger partial charge in [0.05, 0.1) is 18.6 Å². The first-order valence-electron chi connectivity index (χ1n) is 6.16. The van der Waals surface area contributed by atoms with Crippen LogP contribution in [0.25, 0.3) is 11.3 Å². The summed E-state index contributed by atoms with van der Waals surface area (Å²) in [5.74, 6) is -0.179. The van der Waals surface area contributed by atoms with Gasteiger partial charge in [-0.25, -0.2) is 9.97 Å². The fourth-order valence-corrected chi connectivity index (χ4v) is 2.22. The molecule has 2 rings (SSSR count). The van der Waals surface area contributed by atoms with Crippen molar-refractivity contribution in [3.05, 3.63) is 36.5 Å². The number of hydrogen-bond acceptors (Lipinski definition) is 6. The normalized spacial score (nSPS) is 10.5. The Kier molecular flexibility index (Phi) is 5.65. The third-order valence-electron chi connectivity index (χ3n) is 2.56. The van der Waals surface area contributed by atoms with E-state index in [1.165, 1.54) is 19.2 Å². The summed E-state index contributed by atoms with van der Waals surface area (Å²) in [7, 11) is 1.31. The maximum Gasteiger partial charge on any atom is 0.387 e. The molecule has 5 nitrogen and oxygen atoms in total. The van der Waals surface area contributed by atoms with Crippen molar-refractivity contribution in [3.8, 4) is 17.0 Å². The van der Waals surface area contributed by atoms with Crippen LogP contribution in [0, 0.1) is 0 Å². The lowest BCUT2D eigenvalue weighted by Crippen LogP contribution is -2.04. The van der Waals surface area contributed by atoms with Crippen LogP contribution in [0.3, 0.4) is 0 Å². The molecule has 2 aromatic rings. The van der Waals surface area contributed by atoms with Crippen molar-refractivity contribution in [2.24, 2.45) is 0 Å². The van der Waals surface area contributed by atoms with Crippen LogP contribution in [0.1, 0.15) is 0 Å². The number of thioether (sulfide) groups is 1. The van der Waals surface area contributed by atoms with Gasteiger partial charge in [-0.05, 0) is 30.3 Å². The van der Waals surface area contributed by atoms with Gasteiger partial charge in [-0.15, -0.1) is 0 Å². The fourth-order valence-electron chi connectivity index (χ4n) is 1.56. The van der Waals surface area contributed by atoms with Crippen LogP contribution < -0.4 is 4.74 Å². The number of ether oxygens (including phenoxy) is 2. The molecular weight excluding hydrogens is 314 g/mol. The van der Waals surface area contributed by atoms with Crippen molar-refractivity contribution < 1.29 is 23.0 Å². The summed E-state index contributed by atoms with van der Waals surface area (Å²) in [6.45, 7) is -2.86. The average molecular weight is 326 g/mol. The smallest absolute Gasteiger partial charge is 0.387 e. The number of carbonyl (C=O) groups is 1. The highest BCUT2D eigenvalue weighted by Crippen LogP contribution is 2.23. The molecule has 0 radical (unpaired) electrons. The van der Waals surface area contributed by atoms with Gasteiger partial charge in [0.25, 0.3) is 0 Å². The molecule has 0 unspecified atom stereocenters. The number of halogens is 2. The summed E-state index contributed by atoms with van der Waals surface area (Å²) in [6.07, 6.45) is 1.56. The van der Waals surface area contributed by atoms with E-state index in [9.17, 15) is 13.6 Å². The Morgan fingerprint density at radius 3 is 2.64 bits per heavy atom. The van der Waals surface area contributed by atoms with Crippen LogP contribution in [0.2, 0.25) is 0 Å². The summed E-state index contributed by atoms with van der Waals surface area (Å²) in [6, 6.07) is 7.80. The fraction of sp³-hybridized carbons (Fsp3) is 0.214. The summed E-state index contributed by atoms with van der Waals surface area (Å²) < 4.78 is 33.0. The first-order valence-corrected chi connectivity index (χ1v) is 7.15. The van der Waals surface area contributed by atoms with Crippen LogP contribution in [-0.4, -0.2) is 35.4 Å². The average Bonchev–Trinajstić information content (AvgIpc) is 2.53. The molecule has 0 atom stereocenters. The molecule has 0 spiro atoms. The number of benzene rings is 1. The highest BCUT2D eigenvalue weighted by atomic mass is 32.2. The number of hydrogen-bond donors (Lipinski definition) is 0. The molecule has 0 fully saturated rings. The monoisotopic (exact) mass is 326 g/mol. The lowest BCUT2D eigenvalue weighted by molar-refractivity contribution is -0.137. The molecule has 0 aliphatic carbocycles. The van der Waals surface area contributed by atoms with Gasteiger partial charge >= 0.3 is 12.6 Å². The van der Waals surface area contributed by atoms with E-state index >= 15 is 0 Å². The van der Waals surface area contributed by atoms with Crippen LogP contribution in [0.4, 0.5) is 8.78 Å². The van der Waals surface area contributed by atoms with Crippen LogP contribution in [0.5, 0.6) is 5.75 Å². The van der Waals surface area contributed by atoms with Gasteiger partial charge in [0.15, 0.2) is 5.16 Å². The highest BCUT2D eigenvalue weighted by Gasteiger charge is 2.08. The number of methoxy groups -OCH3 is 1. The Bertz CT molecular complexity index is 638. The van der Waals surface area contributed by atoms with Crippen LogP contribution >= 0.6 is 11.8 Å². The van der Waals surface area contributed by atoms with Crippen molar-refractivity contribution in [1.82, 2.24) is 9.97 Å². The molecule has 0 N–H and O–H groups in total. The minimum atomic E-state index is -2.86. The molecule has 1 aromatic carbocycles. The summed E-state index contributed by atoms with van der Waals surface area (Å²) in [5.41, 5.74) is 1.34. The zero-order valence-corrected chi connectivity index (χ0v) is 12.3. The Hall–Kier alpha value is -2.22. The molecule has 0 saturated heterocycles. The predicted octanol–water partition coefficient (Wildman–Crippen LogP) is 3.01. The Balaban J connectivity index is 2.10. The standard InChI is InChI=1S/C14H12F2N2O3S/c1-20-12(19)8-22-14-17-7-6-11(18-14)9-2-4-10(5-3-9)21-13(15)16/h2-7,13H,8H2,1H3. The van der Waals surface area contributed by atoms with Crippen LogP contribution in [-0.2, 0) is 9.53 Å². The topological polar surface area (TPSA) is 61.3 Å². The van der Waals surface area contributed by atoms with E-state index in [1.807, 2.05) is 0 Å². The molecule has 1 heterocycles. The second-order valence-corrected chi connectivity index (χ2v) is 4.93. The molecule has 0 aliphatic heterocycles. The van der Waals surface area contributed by atoms with Crippen molar-refractivity contribution in [2.45, 2.75) is 11.8 Å². The lowest BCUT2D eigenvalue weighted by atomic mass is 10.1. The lowest BCUT2D eigenvalue weighted by Gasteiger charge is -2.06. The minimum absolute atomic E-state index is 0.0769. The summed E-state index contributed by atoms with van der Waals surface area (Å²) in [4.78, 5) is 19.4. The van der Waals surface area contributed by atoms with E-state index < -0.39 is 6.61 Å². The number of alkyl halides is 2. The maximum atomic E-state index is 12.1. The Labute approximate surface area is 129 Å². The van der Waals surface area contributed by atoms with E-state index in [1.54, 1.807) is 24.4 Å². The minimum Gasteiger partial charge on any atom is -0.468 e. The molecule has 116 valence electrons. The van der Waals surface area contributed by atoms with Gasteiger partial charge in [0.2, 0.25) is 0 Å². The molecule has 8 heteroatoms. The SMILES string of the molecule is COC(=O)CSc1nccc(-c2ccc(OC(F)F)cc2)n1. The number of aromatic nitrogens is 2. The third kappa shape index (κ3) is 4.66. The number of carbonyl (C=O) groups excluding carboxylic acids is 1. The second kappa shape index (κ2) is 7.69. The number of rotatable bonds is 6. The molecule has 22 heavy (non-hydrogen) atoms. The molecule has 0 amide bonds. The first-order chi connectivity index (χ1) is 10.6. The molecule has 1 aromatic heterocycles. The maximum absolute atomic E-state index is 12.1. The van der Waals surface area contributed by atoms with E-state index in [4.69, 9.17) is 0 Å². The summed E-state index contributed by atoms with van der Waals surface area (Å²) in [5, 5.41) is 0.427. The van der Waals surface area contributed by atoms with Gasteiger partial charge in [0, 0.05) is 11.8 Å². The van der Waals surface area contributed by atoms with Gasteiger partial charge in [0.1, 0.15) is 5.75 Å². The quantitative estimate of drug-likeness (QED) is 0.462. The highest BCUT2D eigenvalue weighted by molar-refractivity contribution is 7.99. The van der Waals surface area contributed by atoms with E-state index in [-0.39, 0.29) is 17.5 Å². The Morgan fingerprint density at radius 1 is 1.27 bits per heavy atom. The van der Waals surface area contributed by atoms with Crippen molar-refractivity contribution >= 4 is 17.7 Å². The van der Waals surface area contributed by atoms with Gasteiger partial charge in [-0.2, -0.15) is 8.78 Å². The van der Waals surface area contributed by atoms with E-state index in [2.05, 4.69) is 19.4 Å². The molecule has 0 aliphatic rings. The van der Waals surface area contributed by atoms with Crippen LogP contribution in [0.15, 0.2) is 41.7 Å². The van der Waals surface area contributed by atoms with Gasteiger partial charge in [-0.3, -0.25) is 4.79 Å². The number of nitrogens with zero attached hydrogens (tertiary/aromatic N) is 2. The molecule has 0 saturated carbocycles.